The van der Waals surface area contributed by atoms with Crippen molar-refractivity contribution in [2.45, 2.75) is 33.1 Å². The minimum Gasteiger partial charge on any atom is -0.303 e. The molecule has 76 valence electrons. The molecule has 1 aliphatic rings. The van der Waals surface area contributed by atoms with Crippen LogP contribution in [0.1, 0.15) is 33.1 Å². The van der Waals surface area contributed by atoms with Crippen LogP contribution in [0.3, 0.4) is 0 Å². The second-order valence-electron chi connectivity index (χ2n) is 4.54. The van der Waals surface area contributed by atoms with Crippen molar-refractivity contribution in [3.05, 3.63) is 0 Å². The molecule has 0 aromatic heterocycles. The summed E-state index contributed by atoms with van der Waals surface area (Å²) in [4.78, 5) is 12.8. The fraction of sp³-hybridized carbons (Fsp3) is 0.909. The summed E-state index contributed by atoms with van der Waals surface area (Å²) < 4.78 is 0. The molecule has 0 amide bonds. The SMILES string of the molecule is CC(C)CN1CCC(CC=O)CC1. The van der Waals surface area contributed by atoms with Crippen LogP contribution < -0.4 is 0 Å². The third-order valence-corrected chi connectivity index (χ3v) is 2.76. The van der Waals surface area contributed by atoms with Crippen LogP contribution in [0, 0.1) is 11.8 Å². The zero-order chi connectivity index (χ0) is 9.68. The molecule has 2 nitrogen and oxygen atoms in total. The number of aldehydes is 1. The molecule has 0 N–H and O–H groups in total. The largest absolute Gasteiger partial charge is 0.303 e. The first kappa shape index (κ1) is 10.7. The van der Waals surface area contributed by atoms with Gasteiger partial charge in [0, 0.05) is 13.0 Å². The number of hydrogen-bond acceptors (Lipinski definition) is 2. The van der Waals surface area contributed by atoms with Gasteiger partial charge in [-0.05, 0) is 37.8 Å². The van der Waals surface area contributed by atoms with Gasteiger partial charge in [0.1, 0.15) is 6.29 Å². The molecule has 0 aromatic carbocycles. The molecule has 2 heteroatoms. The molecular weight excluding hydrogens is 162 g/mol. The van der Waals surface area contributed by atoms with Gasteiger partial charge in [0.15, 0.2) is 0 Å². The monoisotopic (exact) mass is 183 g/mol. The summed E-state index contributed by atoms with van der Waals surface area (Å²) in [6.45, 7) is 8.12. The molecule has 1 heterocycles. The van der Waals surface area contributed by atoms with Crippen LogP contribution in [0.25, 0.3) is 0 Å². The molecule has 0 aromatic rings. The van der Waals surface area contributed by atoms with Gasteiger partial charge in [-0.3, -0.25) is 0 Å². The van der Waals surface area contributed by atoms with Gasteiger partial charge < -0.3 is 9.69 Å². The Balaban J connectivity index is 2.18. The minimum absolute atomic E-state index is 0.668. The van der Waals surface area contributed by atoms with Crippen molar-refractivity contribution in [3.8, 4) is 0 Å². The predicted molar refractivity (Wildman–Crippen MR) is 54.7 cm³/mol. The standard InChI is InChI=1S/C11H21NO/c1-10(2)9-12-6-3-11(4-7-12)5-8-13/h8,10-11H,3-7,9H2,1-2H3. The lowest BCUT2D eigenvalue weighted by molar-refractivity contribution is -0.108. The summed E-state index contributed by atoms with van der Waals surface area (Å²) in [5.74, 6) is 1.43. The zero-order valence-corrected chi connectivity index (χ0v) is 8.83. The molecule has 0 radical (unpaired) electrons. The lowest BCUT2D eigenvalue weighted by Gasteiger charge is -2.32. The van der Waals surface area contributed by atoms with Gasteiger partial charge in [-0.25, -0.2) is 0 Å². The summed E-state index contributed by atoms with van der Waals surface area (Å²) in [5, 5.41) is 0. The normalized spacial score (nSPS) is 20.8. The first-order valence-electron chi connectivity index (χ1n) is 5.38. The first-order chi connectivity index (χ1) is 6.22. The van der Waals surface area contributed by atoms with E-state index in [4.69, 9.17) is 0 Å². The van der Waals surface area contributed by atoms with Gasteiger partial charge in [0.25, 0.3) is 0 Å². The number of carbonyl (C=O) groups is 1. The first-order valence-corrected chi connectivity index (χ1v) is 5.38. The van der Waals surface area contributed by atoms with Gasteiger partial charge in [0.05, 0.1) is 0 Å². The summed E-state index contributed by atoms with van der Waals surface area (Å²) in [6, 6.07) is 0. The van der Waals surface area contributed by atoms with Gasteiger partial charge in [-0.15, -0.1) is 0 Å². The molecule has 1 fully saturated rings. The van der Waals surface area contributed by atoms with Gasteiger partial charge >= 0.3 is 0 Å². The van der Waals surface area contributed by atoms with Crippen LogP contribution in [0.5, 0.6) is 0 Å². The van der Waals surface area contributed by atoms with E-state index in [0.29, 0.717) is 5.92 Å². The lowest BCUT2D eigenvalue weighted by Crippen LogP contribution is -2.36. The van der Waals surface area contributed by atoms with Gasteiger partial charge in [-0.1, -0.05) is 13.8 Å². The van der Waals surface area contributed by atoms with Crippen molar-refractivity contribution in [2.24, 2.45) is 11.8 Å². The molecule has 0 unspecified atom stereocenters. The number of nitrogens with zero attached hydrogens (tertiary/aromatic N) is 1. The number of rotatable bonds is 4. The highest BCUT2D eigenvalue weighted by Gasteiger charge is 2.18. The zero-order valence-electron chi connectivity index (χ0n) is 8.83. The highest BCUT2D eigenvalue weighted by atomic mass is 16.1. The Morgan fingerprint density at radius 3 is 2.46 bits per heavy atom. The van der Waals surface area contributed by atoms with Gasteiger partial charge in [0.2, 0.25) is 0 Å². The van der Waals surface area contributed by atoms with Crippen LogP contribution in [0.15, 0.2) is 0 Å². The maximum absolute atomic E-state index is 10.3. The average Bonchev–Trinajstić information content (AvgIpc) is 2.08. The Bertz CT molecular complexity index is 148. The third-order valence-electron chi connectivity index (χ3n) is 2.76. The van der Waals surface area contributed by atoms with Crippen molar-refractivity contribution >= 4 is 6.29 Å². The molecule has 13 heavy (non-hydrogen) atoms. The maximum Gasteiger partial charge on any atom is 0.120 e. The lowest BCUT2D eigenvalue weighted by atomic mass is 9.94. The molecule has 0 spiro atoms. The van der Waals surface area contributed by atoms with Crippen LogP contribution in [0.4, 0.5) is 0 Å². The van der Waals surface area contributed by atoms with Crippen LogP contribution in [-0.4, -0.2) is 30.8 Å². The number of likely N-dealkylation sites (tertiary alicyclic amines) is 1. The summed E-state index contributed by atoms with van der Waals surface area (Å²) in [5.41, 5.74) is 0. The molecule has 0 bridgehead atoms. The maximum atomic E-state index is 10.3. The fourth-order valence-electron chi connectivity index (χ4n) is 2.06. The second kappa shape index (κ2) is 5.38. The Kier molecular flexibility index (Phi) is 4.43. The van der Waals surface area contributed by atoms with Crippen LogP contribution in [0.2, 0.25) is 0 Å². The molecule has 1 saturated heterocycles. The van der Waals surface area contributed by atoms with E-state index >= 15 is 0 Å². The van der Waals surface area contributed by atoms with Gasteiger partial charge in [-0.2, -0.15) is 0 Å². The van der Waals surface area contributed by atoms with Crippen molar-refractivity contribution in [2.75, 3.05) is 19.6 Å². The Morgan fingerprint density at radius 1 is 1.38 bits per heavy atom. The Morgan fingerprint density at radius 2 is 2.00 bits per heavy atom. The number of piperidine rings is 1. The van der Waals surface area contributed by atoms with E-state index in [2.05, 4.69) is 18.7 Å². The quantitative estimate of drug-likeness (QED) is 0.621. The second-order valence-corrected chi connectivity index (χ2v) is 4.54. The summed E-state index contributed by atoms with van der Waals surface area (Å²) in [7, 11) is 0. The Labute approximate surface area is 81.3 Å². The number of hydrogen-bond donors (Lipinski definition) is 0. The van der Waals surface area contributed by atoms with Crippen molar-refractivity contribution in [3.63, 3.8) is 0 Å². The Hall–Kier alpha value is -0.370. The minimum atomic E-state index is 0.668. The van der Waals surface area contributed by atoms with E-state index in [9.17, 15) is 4.79 Å². The van der Waals surface area contributed by atoms with E-state index in [-0.39, 0.29) is 0 Å². The summed E-state index contributed by atoms with van der Waals surface area (Å²) in [6.07, 6.45) is 4.27. The van der Waals surface area contributed by atoms with Crippen molar-refractivity contribution in [1.82, 2.24) is 4.90 Å². The van der Waals surface area contributed by atoms with E-state index in [1.54, 1.807) is 0 Å². The van der Waals surface area contributed by atoms with E-state index in [1.165, 1.54) is 32.5 Å². The molecule has 0 aliphatic carbocycles. The van der Waals surface area contributed by atoms with E-state index in [0.717, 1.165) is 18.6 Å². The van der Waals surface area contributed by atoms with Crippen LogP contribution >= 0.6 is 0 Å². The van der Waals surface area contributed by atoms with E-state index in [1.807, 2.05) is 0 Å². The van der Waals surface area contributed by atoms with Crippen molar-refractivity contribution in [1.29, 1.82) is 0 Å². The third kappa shape index (κ3) is 3.90. The molecule has 0 atom stereocenters. The predicted octanol–water partition coefficient (Wildman–Crippen LogP) is 1.94. The molecule has 1 aliphatic heterocycles. The molecule has 0 saturated carbocycles. The highest BCUT2D eigenvalue weighted by Crippen LogP contribution is 2.19. The molecule has 1 rings (SSSR count). The summed E-state index contributed by atoms with van der Waals surface area (Å²) >= 11 is 0. The average molecular weight is 183 g/mol. The number of carbonyl (C=O) groups excluding carboxylic acids is 1. The molecular formula is C11H21NO. The topological polar surface area (TPSA) is 20.3 Å². The highest BCUT2D eigenvalue weighted by molar-refractivity contribution is 5.49. The van der Waals surface area contributed by atoms with E-state index < -0.39 is 0 Å². The fourth-order valence-corrected chi connectivity index (χ4v) is 2.06. The van der Waals surface area contributed by atoms with Crippen molar-refractivity contribution < 1.29 is 4.79 Å². The van der Waals surface area contributed by atoms with Crippen LogP contribution in [-0.2, 0) is 4.79 Å². The smallest absolute Gasteiger partial charge is 0.120 e.